The summed E-state index contributed by atoms with van der Waals surface area (Å²) in [6.45, 7) is 8.89. The maximum Gasteiger partial charge on any atom is 0.306 e. The number of ether oxygens (including phenoxy) is 3. The van der Waals surface area contributed by atoms with Crippen molar-refractivity contribution in [2.75, 3.05) is 13.2 Å². The highest BCUT2D eigenvalue weighted by Crippen LogP contribution is 2.16. The van der Waals surface area contributed by atoms with E-state index in [1.54, 1.807) is 0 Å². The summed E-state index contributed by atoms with van der Waals surface area (Å²) in [4.78, 5) is 37.2. The van der Waals surface area contributed by atoms with E-state index in [9.17, 15) is 14.4 Å². The predicted octanol–water partition coefficient (Wildman–Crippen LogP) is 12.0. The Kier molecular flexibility index (Phi) is 33.5. The van der Waals surface area contributed by atoms with Gasteiger partial charge in [0.15, 0.2) is 6.10 Å². The molecular weight excluding hydrogens is 576 g/mol. The first-order valence-corrected chi connectivity index (χ1v) is 19.9. The van der Waals surface area contributed by atoms with E-state index in [-0.39, 0.29) is 31.1 Å². The van der Waals surface area contributed by atoms with E-state index in [1.807, 2.05) is 0 Å². The second-order valence-electron chi connectivity index (χ2n) is 13.8. The third-order valence-corrected chi connectivity index (χ3v) is 9.15. The first-order chi connectivity index (χ1) is 22.4. The molecule has 0 heterocycles. The molecule has 0 aliphatic carbocycles. The standard InChI is InChI=1S/C40H76O6/c1-5-8-10-12-13-16-20-24-27-31-38(41)44-34-37(46-40(43)33-29-22-11-9-6-2)35-45-39(42)32-28-25-21-18-15-14-17-19-23-26-30-36(4)7-3/h36-37H,5-35H2,1-4H3/t36?,37-/m1/s1. The van der Waals surface area contributed by atoms with Crippen molar-refractivity contribution in [1.82, 2.24) is 0 Å². The van der Waals surface area contributed by atoms with Crippen molar-refractivity contribution < 1.29 is 28.6 Å². The SMILES string of the molecule is CCCCCCCCCCCC(=O)OC[C@H](COC(=O)CCCCCCCCCCCCC(C)CC)OC(=O)CCCCCCC. The normalized spacial score (nSPS) is 12.5. The maximum atomic E-state index is 12.4. The highest BCUT2D eigenvalue weighted by atomic mass is 16.6. The third kappa shape index (κ3) is 32.4. The Morgan fingerprint density at radius 3 is 1.13 bits per heavy atom. The van der Waals surface area contributed by atoms with Crippen LogP contribution in [0.4, 0.5) is 0 Å². The van der Waals surface area contributed by atoms with Crippen molar-refractivity contribution in [3.8, 4) is 0 Å². The van der Waals surface area contributed by atoms with Crippen molar-refractivity contribution in [3.63, 3.8) is 0 Å². The van der Waals surface area contributed by atoms with Crippen LogP contribution in [0.1, 0.15) is 214 Å². The van der Waals surface area contributed by atoms with Gasteiger partial charge in [-0.25, -0.2) is 0 Å². The van der Waals surface area contributed by atoms with Crippen molar-refractivity contribution in [2.45, 2.75) is 220 Å². The molecule has 0 aromatic carbocycles. The van der Waals surface area contributed by atoms with Crippen molar-refractivity contribution in [1.29, 1.82) is 0 Å². The molecule has 0 saturated carbocycles. The lowest BCUT2D eigenvalue weighted by atomic mass is 9.99. The van der Waals surface area contributed by atoms with E-state index in [0.717, 1.165) is 70.1 Å². The first kappa shape index (κ1) is 44.4. The van der Waals surface area contributed by atoms with Crippen LogP contribution in [-0.4, -0.2) is 37.2 Å². The van der Waals surface area contributed by atoms with Crippen LogP contribution < -0.4 is 0 Å². The van der Waals surface area contributed by atoms with Gasteiger partial charge >= 0.3 is 17.9 Å². The van der Waals surface area contributed by atoms with Gasteiger partial charge in [0.25, 0.3) is 0 Å². The zero-order valence-electron chi connectivity index (χ0n) is 31.0. The van der Waals surface area contributed by atoms with Crippen molar-refractivity contribution >= 4 is 17.9 Å². The van der Waals surface area contributed by atoms with Gasteiger partial charge in [-0.3, -0.25) is 14.4 Å². The summed E-state index contributed by atoms with van der Waals surface area (Å²) in [6, 6.07) is 0. The number of unbranched alkanes of at least 4 members (excludes halogenated alkanes) is 21. The van der Waals surface area contributed by atoms with E-state index in [2.05, 4.69) is 27.7 Å². The van der Waals surface area contributed by atoms with Crippen LogP contribution in [0.3, 0.4) is 0 Å². The fourth-order valence-electron chi connectivity index (χ4n) is 5.71. The molecule has 0 rings (SSSR count). The smallest absolute Gasteiger partial charge is 0.306 e. The monoisotopic (exact) mass is 653 g/mol. The number of carbonyl (C=O) groups is 3. The molecule has 0 N–H and O–H groups in total. The van der Waals surface area contributed by atoms with Gasteiger partial charge in [0, 0.05) is 19.3 Å². The molecule has 2 atom stereocenters. The Labute approximate surface area is 285 Å². The van der Waals surface area contributed by atoms with Gasteiger partial charge in [-0.15, -0.1) is 0 Å². The Balaban J connectivity index is 4.20. The minimum absolute atomic E-state index is 0.0664. The first-order valence-electron chi connectivity index (χ1n) is 19.9. The lowest BCUT2D eigenvalue weighted by Gasteiger charge is -2.18. The predicted molar refractivity (Wildman–Crippen MR) is 192 cm³/mol. The molecule has 0 spiro atoms. The highest BCUT2D eigenvalue weighted by molar-refractivity contribution is 5.71. The Morgan fingerprint density at radius 2 is 0.761 bits per heavy atom. The molecule has 0 aliphatic rings. The molecule has 272 valence electrons. The number of hydrogen-bond acceptors (Lipinski definition) is 6. The molecule has 0 aromatic rings. The molecule has 0 amide bonds. The van der Waals surface area contributed by atoms with Gasteiger partial charge in [-0.2, -0.15) is 0 Å². The molecule has 0 bridgehead atoms. The third-order valence-electron chi connectivity index (χ3n) is 9.15. The molecule has 0 saturated heterocycles. The molecule has 0 radical (unpaired) electrons. The molecule has 6 nitrogen and oxygen atoms in total. The fraction of sp³-hybridized carbons (Fsp3) is 0.925. The highest BCUT2D eigenvalue weighted by Gasteiger charge is 2.19. The quantitative estimate of drug-likeness (QED) is 0.0385. The van der Waals surface area contributed by atoms with Crippen LogP contribution in [0.15, 0.2) is 0 Å². The largest absolute Gasteiger partial charge is 0.462 e. The zero-order valence-corrected chi connectivity index (χ0v) is 31.0. The molecule has 0 aliphatic heterocycles. The molecule has 0 fully saturated rings. The minimum atomic E-state index is -0.755. The Morgan fingerprint density at radius 1 is 0.435 bits per heavy atom. The second-order valence-corrected chi connectivity index (χ2v) is 13.8. The van der Waals surface area contributed by atoms with Crippen molar-refractivity contribution in [3.05, 3.63) is 0 Å². The van der Waals surface area contributed by atoms with Gasteiger partial charge in [-0.05, 0) is 25.2 Å². The van der Waals surface area contributed by atoms with Crippen LogP contribution >= 0.6 is 0 Å². The average molecular weight is 653 g/mol. The van der Waals surface area contributed by atoms with Crippen LogP contribution in [0.25, 0.3) is 0 Å². The summed E-state index contributed by atoms with van der Waals surface area (Å²) in [5.41, 5.74) is 0. The summed E-state index contributed by atoms with van der Waals surface area (Å²) in [5.74, 6) is -0.0101. The number of rotatable bonds is 35. The molecular formula is C40H76O6. The summed E-state index contributed by atoms with van der Waals surface area (Å²) in [7, 11) is 0. The second kappa shape index (κ2) is 34.7. The van der Waals surface area contributed by atoms with Crippen LogP contribution in [0.2, 0.25) is 0 Å². The molecule has 6 heteroatoms. The number of esters is 3. The number of hydrogen-bond donors (Lipinski definition) is 0. The van der Waals surface area contributed by atoms with E-state index >= 15 is 0 Å². The van der Waals surface area contributed by atoms with Gasteiger partial charge in [0.05, 0.1) is 0 Å². The maximum absolute atomic E-state index is 12.4. The fourth-order valence-corrected chi connectivity index (χ4v) is 5.71. The summed E-state index contributed by atoms with van der Waals surface area (Å²) < 4.78 is 16.5. The average Bonchev–Trinajstić information content (AvgIpc) is 3.05. The van der Waals surface area contributed by atoms with Gasteiger partial charge in [0.1, 0.15) is 13.2 Å². The lowest BCUT2D eigenvalue weighted by Crippen LogP contribution is -2.30. The van der Waals surface area contributed by atoms with E-state index in [0.29, 0.717) is 19.3 Å². The van der Waals surface area contributed by atoms with E-state index in [4.69, 9.17) is 14.2 Å². The van der Waals surface area contributed by atoms with Gasteiger partial charge in [0.2, 0.25) is 0 Å². The Bertz CT molecular complexity index is 693. The van der Waals surface area contributed by atoms with E-state index < -0.39 is 6.10 Å². The van der Waals surface area contributed by atoms with Crippen LogP contribution in [-0.2, 0) is 28.6 Å². The lowest BCUT2D eigenvalue weighted by molar-refractivity contribution is -0.167. The summed E-state index contributed by atoms with van der Waals surface area (Å²) in [6.07, 6.45) is 31.1. The summed E-state index contributed by atoms with van der Waals surface area (Å²) in [5, 5.41) is 0. The zero-order chi connectivity index (χ0) is 33.9. The number of carbonyl (C=O) groups excluding carboxylic acids is 3. The van der Waals surface area contributed by atoms with Gasteiger partial charge < -0.3 is 14.2 Å². The molecule has 0 aromatic heterocycles. The molecule has 46 heavy (non-hydrogen) atoms. The topological polar surface area (TPSA) is 78.9 Å². The van der Waals surface area contributed by atoms with Crippen LogP contribution in [0.5, 0.6) is 0 Å². The summed E-state index contributed by atoms with van der Waals surface area (Å²) >= 11 is 0. The molecule has 1 unspecified atom stereocenters. The van der Waals surface area contributed by atoms with Crippen molar-refractivity contribution in [2.24, 2.45) is 5.92 Å². The minimum Gasteiger partial charge on any atom is -0.462 e. The van der Waals surface area contributed by atoms with E-state index in [1.165, 1.54) is 103 Å². The Hall–Kier alpha value is -1.59. The van der Waals surface area contributed by atoms with Crippen LogP contribution in [0, 0.1) is 5.92 Å². The van der Waals surface area contributed by atoms with Gasteiger partial charge in [-0.1, -0.05) is 175 Å².